The van der Waals surface area contributed by atoms with E-state index < -0.39 is 0 Å². The summed E-state index contributed by atoms with van der Waals surface area (Å²) in [5, 5.41) is 3.82. The van der Waals surface area contributed by atoms with Gasteiger partial charge in [-0.1, -0.05) is 13.8 Å². The van der Waals surface area contributed by atoms with Crippen LogP contribution in [0.4, 0.5) is 0 Å². The van der Waals surface area contributed by atoms with E-state index in [0.29, 0.717) is 18.2 Å². The van der Waals surface area contributed by atoms with E-state index in [9.17, 15) is 0 Å². The van der Waals surface area contributed by atoms with Crippen molar-refractivity contribution in [2.75, 3.05) is 20.2 Å². The molecular weight excluding hydrogens is 236 g/mol. The molecule has 3 aliphatic rings. The fraction of sp³-hybridized carbons (Fsp3) is 1.00. The Morgan fingerprint density at radius 2 is 1.95 bits per heavy atom. The monoisotopic (exact) mass is 266 g/mol. The lowest BCUT2D eigenvalue weighted by atomic mass is 9.94. The van der Waals surface area contributed by atoms with Crippen molar-refractivity contribution in [2.24, 2.45) is 11.8 Å². The van der Waals surface area contributed by atoms with Gasteiger partial charge in [-0.2, -0.15) is 0 Å². The zero-order valence-electron chi connectivity index (χ0n) is 12.8. The van der Waals surface area contributed by atoms with E-state index in [1.165, 1.54) is 45.2 Å². The molecule has 0 amide bonds. The Hall–Kier alpha value is -0.120. The molecule has 3 rings (SSSR count). The SMILES string of the molecule is COC1CCCC1N1CC(C2CC2)NCC1C(C)C. The van der Waals surface area contributed by atoms with Crippen LogP contribution in [0, 0.1) is 11.8 Å². The quantitative estimate of drug-likeness (QED) is 0.845. The van der Waals surface area contributed by atoms with Gasteiger partial charge in [-0.25, -0.2) is 0 Å². The van der Waals surface area contributed by atoms with Gasteiger partial charge in [0.15, 0.2) is 0 Å². The molecule has 0 spiro atoms. The maximum absolute atomic E-state index is 5.75. The molecule has 0 radical (unpaired) electrons. The highest BCUT2D eigenvalue weighted by Gasteiger charge is 2.43. The highest BCUT2D eigenvalue weighted by Crippen LogP contribution is 2.37. The van der Waals surface area contributed by atoms with Crippen LogP contribution in [-0.2, 0) is 4.74 Å². The molecule has 4 atom stereocenters. The van der Waals surface area contributed by atoms with Crippen molar-refractivity contribution in [1.29, 1.82) is 0 Å². The van der Waals surface area contributed by atoms with Crippen LogP contribution in [0.25, 0.3) is 0 Å². The van der Waals surface area contributed by atoms with Crippen LogP contribution >= 0.6 is 0 Å². The molecule has 2 saturated carbocycles. The number of hydrogen-bond donors (Lipinski definition) is 1. The molecule has 0 aromatic heterocycles. The van der Waals surface area contributed by atoms with Crippen molar-refractivity contribution in [3.8, 4) is 0 Å². The molecule has 19 heavy (non-hydrogen) atoms. The van der Waals surface area contributed by atoms with E-state index in [0.717, 1.165) is 17.9 Å². The summed E-state index contributed by atoms with van der Waals surface area (Å²) in [6.07, 6.45) is 7.28. The maximum Gasteiger partial charge on any atom is 0.0726 e. The summed E-state index contributed by atoms with van der Waals surface area (Å²) in [6.45, 7) is 7.16. The third kappa shape index (κ3) is 2.84. The molecule has 4 unspecified atom stereocenters. The number of nitrogens with zero attached hydrogens (tertiary/aromatic N) is 1. The first-order chi connectivity index (χ1) is 9.20. The number of rotatable bonds is 4. The van der Waals surface area contributed by atoms with Crippen molar-refractivity contribution in [3.63, 3.8) is 0 Å². The molecule has 3 heteroatoms. The molecule has 0 bridgehead atoms. The number of hydrogen-bond acceptors (Lipinski definition) is 3. The van der Waals surface area contributed by atoms with Crippen LogP contribution in [0.2, 0.25) is 0 Å². The summed E-state index contributed by atoms with van der Waals surface area (Å²) in [5.41, 5.74) is 0. The number of methoxy groups -OCH3 is 1. The molecule has 110 valence electrons. The number of ether oxygens (including phenoxy) is 1. The topological polar surface area (TPSA) is 24.5 Å². The Morgan fingerprint density at radius 3 is 2.58 bits per heavy atom. The lowest BCUT2D eigenvalue weighted by Crippen LogP contribution is -2.63. The van der Waals surface area contributed by atoms with Crippen molar-refractivity contribution in [2.45, 2.75) is 70.2 Å². The van der Waals surface area contributed by atoms with E-state index in [1.807, 2.05) is 7.11 Å². The van der Waals surface area contributed by atoms with Gasteiger partial charge in [0.1, 0.15) is 0 Å². The van der Waals surface area contributed by atoms with Crippen LogP contribution in [0.5, 0.6) is 0 Å². The molecule has 1 aliphatic heterocycles. The van der Waals surface area contributed by atoms with Gasteiger partial charge in [-0.05, 0) is 43.9 Å². The second-order valence-corrected chi connectivity index (χ2v) is 7.13. The Bertz CT molecular complexity index is 303. The van der Waals surface area contributed by atoms with Crippen molar-refractivity contribution >= 4 is 0 Å². The summed E-state index contributed by atoms with van der Waals surface area (Å²) in [4.78, 5) is 2.81. The second kappa shape index (κ2) is 5.71. The van der Waals surface area contributed by atoms with Crippen LogP contribution in [0.1, 0.15) is 46.0 Å². The first kappa shape index (κ1) is 13.8. The molecule has 3 nitrogen and oxygen atoms in total. The van der Waals surface area contributed by atoms with Gasteiger partial charge >= 0.3 is 0 Å². The van der Waals surface area contributed by atoms with E-state index in [1.54, 1.807) is 0 Å². The Kier molecular flexibility index (Phi) is 4.16. The van der Waals surface area contributed by atoms with Gasteiger partial charge in [-0.3, -0.25) is 4.90 Å². The highest BCUT2D eigenvalue weighted by molar-refractivity contribution is 4.99. The van der Waals surface area contributed by atoms with Crippen LogP contribution in [0.15, 0.2) is 0 Å². The average Bonchev–Trinajstić information content (AvgIpc) is 3.15. The normalized spacial score (nSPS) is 41.1. The van der Waals surface area contributed by atoms with Gasteiger partial charge < -0.3 is 10.1 Å². The van der Waals surface area contributed by atoms with E-state index in [2.05, 4.69) is 24.1 Å². The zero-order chi connectivity index (χ0) is 13.4. The molecule has 1 saturated heterocycles. The first-order valence-electron chi connectivity index (χ1n) is 8.22. The fourth-order valence-electron chi connectivity index (χ4n) is 4.19. The minimum absolute atomic E-state index is 0.471. The Labute approximate surface area is 118 Å². The van der Waals surface area contributed by atoms with Crippen molar-refractivity contribution in [1.82, 2.24) is 10.2 Å². The molecule has 3 fully saturated rings. The standard InChI is InChI=1S/C16H30N2O/c1-11(2)15-9-17-13(12-7-8-12)10-18(15)14-5-4-6-16(14)19-3/h11-17H,4-10H2,1-3H3. The largest absolute Gasteiger partial charge is 0.380 e. The second-order valence-electron chi connectivity index (χ2n) is 7.13. The lowest BCUT2D eigenvalue weighted by molar-refractivity contribution is -0.0168. The smallest absolute Gasteiger partial charge is 0.0726 e. The van der Waals surface area contributed by atoms with Gasteiger partial charge in [-0.15, -0.1) is 0 Å². The van der Waals surface area contributed by atoms with Crippen LogP contribution in [-0.4, -0.2) is 49.3 Å². The predicted molar refractivity (Wildman–Crippen MR) is 78.3 cm³/mol. The molecule has 1 heterocycles. The zero-order valence-corrected chi connectivity index (χ0v) is 12.8. The van der Waals surface area contributed by atoms with E-state index in [4.69, 9.17) is 4.74 Å². The van der Waals surface area contributed by atoms with Crippen LogP contribution < -0.4 is 5.32 Å². The molecule has 1 N–H and O–H groups in total. The van der Waals surface area contributed by atoms with Gasteiger partial charge in [0.2, 0.25) is 0 Å². The Balaban J connectivity index is 1.72. The summed E-state index contributed by atoms with van der Waals surface area (Å²) in [6, 6.07) is 2.10. The predicted octanol–water partition coefficient (Wildman–Crippen LogP) is 2.26. The van der Waals surface area contributed by atoms with E-state index >= 15 is 0 Å². The average molecular weight is 266 g/mol. The third-order valence-corrected chi connectivity index (χ3v) is 5.53. The molecule has 0 aromatic carbocycles. The summed E-state index contributed by atoms with van der Waals surface area (Å²) in [7, 11) is 1.90. The van der Waals surface area contributed by atoms with E-state index in [-0.39, 0.29) is 0 Å². The van der Waals surface area contributed by atoms with Gasteiger partial charge in [0.25, 0.3) is 0 Å². The van der Waals surface area contributed by atoms with Gasteiger partial charge in [0, 0.05) is 38.3 Å². The number of piperazine rings is 1. The minimum atomic E-state index is 0.471. The lowest BCUT2D eigenvalue weighted by Gasteiger charge is -2.47. The van der Waals surface area contributed by atoms with Crippen LogP contribution in [0.3, 0.4) is 0 Å². The summed E-state index contributed by atoms with van der Waals surface area (Å²) in [5.74, 6) is 1.68. The molecule has 2 aliphatic carbocycles. The third-order valence-electron chi connectivity index (χ3n) is 5.53. The summed E-state index contributed by atoms with van der Waals surface area (Å²) < 4.78 is 5.75. The fourth-order valence-corrected chi connectivity index (χ4v) is 4.19. The van der Waals surface area contributed by atoms with Crippen molar-refractivity contribution in [3.05, 3.63) is 0 Å². The van der Waals surface area contributed by atoms with Crippen molar-refractivity contribution < 1.29 is 4.74 Å². The highest BCUT2D eigenvalue weighted by atomic mass is 16.5. The minimum Gasteiger partial charge on any atom is -0.380 e. The molecule has 0 aromatic rings. The number of nitrogens with one attached hydrogen (secondary N) is 1. The summed E-state index contributed by atoms with van der Waals surface area (Å²) >= 11 is 0. The maximum atomic E-state index is 5.75. The molecular formula is C16H30N2O. The first-order valence-corrected chi connectivity index (χ1v) is 8.22. The Morgan fingerprint density at radius 1 is 1.16 bits per heavy atom. The van der Waals surface area contributed by atoms with Gasteiger partial charge in [0.05, 0.1) is 6.10 Å².